The van der Waals surface area contributed by atoms with E-state index in [0.717, 1.165) is 6.42 Å². The summed E-state index contributed by atoms with van der Waals surface area (Å²) in [5, 5.41) is 18.4. The van der Waals surface area contributed by atoms with Gasteiger partial charge in [0.15, 0.2) is 0 Å². The molecule has 20 heavy (non-hydrogen) atoms. The van der Waals surface area contributed by atoms with Crippen LogP contribution in [0.3, 0.4) is 0 Å². The topological polar surface area (TPSA) is 81.1 Å². The molecule has 1 aliphatic heterocycles. The number of carbonyl (C=O) groups excluding carboxylic acids is 1. The van der Waals surface area contributed by atoms with E-state index in [9.17, 15) is 14.7 Å². The van der Waals surface area contributed by atoms with Crippen molar-refractivity contribution in [2.45, 2.75) is 52.2 Å². The van der Waals surface area contributed by atoms with Gasteiger partial charge in [0.25, 0.3) is 0 Å². The van der Waals surface area contributed by atoms with Crippen LogP contribution in [0.15, 0.2) is 0 Å². The van der Waals surface area contributed by atoms with E-state index in [0.29, 0.717) is 13.1 Å². The van der Waals surface area contributed by atoms with Crippen LogP contribution in [0.4, 0.5) is 4.79 Å². The first kappa shape index (κ1) is 16.8. The van der Waals surface area contributed by atoms with E-state index in [2.05, 4.69) is 0 Å². The molecule has 2 unspecified atom stereocenters. The predicted molar refractivity (Wildman–Crippen MR) is 75.5 cm³/mol. The fourth-order valence-electron chi connectivity index (χ4n) is 2.45. The summed E-state index contributed by atoms with van der Waals surface area (Å²) in [6.07, 6.45) is 0.312. The van der Waals surface area contributed by atoms with Crippen LogP contribution in [0.25, 0.3) is 0 Å². The molecule has 2 N–H and O–H groups in total. The number of nitrogens with zero attached hydrogens (tertiary/aromatic N) is 2. The second-order valence-electron chi connectivity index (χ2n) is 6.48. The Morgan fingerprint density at radius 3 is 2.40 bits per heavy atom. The molecule has 1 fully saturated rings. The zero-order valence-electron chi connectivity index (χ0n) is 12.8. The predicted octanol–water partition coefficient (Wildman–Crippen LogP) is 1.38. The lowest BCUT2D eigenvalue weighted by Crippen LogP contribution is -2.52. The second-order valence-corrected chi connectivity index (χ2v) is 6.48. The number of carboxylic acids is 1. The smallest absolute Gasteiger partial charge is 0.320 e. The van der Waals surface area contributed by atoms with Gasteiger partial charge in [-0.3, -0.25) is 4.79 Å². The Labute approximate surface area is 120 Å². The number of amides is 2. The molecule has 1 heterocycles. The second kappa shape index (κ2) is 6.43. The molecule has 0 spiro atoms. The van der Waals surface area contributed by atoms with Gasteiger partial charge in [-0.05, 0) is 34.1 Å². The van der Waals surface area contributed by atoms with Crippen LogP contribution < -0.4 is 0 Å². The molecule has 0 aromatic carbocycles. The van der Waals surface area contributed by atoms with Crippen molar-refractivity contribution in [2.75, 3.05) is 19.6 Å². The monoisotopic (exact) mass is 286 g/mol. The Morgan fingerprint density at radius 1 is 1.40 bits per heavy atom. The van der Waals surface area contributed by atoms with Crippen molar-refractivity contribution in [3.8, 4) is 0 Å². The summed E-state index contributed by atoms with van der Waals surface area (Å²) in [7, 11) is 0. The summed E-state index contributed by atoms with van der Waals surface area (Å²) in [6, 6.07) is -0.137. The molecule has 2 amide bonds. The van der Waals surface area contributed by atoms with Crippen molar-refractivity contribution >= 4 is 12.0 Å². The third-order valence-corrected chi connectivity index (χ3v) is 3.77. The number of likely N-dealkylation sites (tertiary alicyclic amines) is 1. The van der Waals surface area contributed by atoms with Crippen LogP contribution in [-0.4, -0.2) is 63.3 Å². The normalized spacial score (nSPS) is 20.9. The van der Waals surface area contributed by atoms with Crippen LogP contribution in [0.1, 0.15) is 40.5 Å². The van der Waals surface area contributed by atoms with Crippen molar-refractivity contribution in [2.24, 2.45) is 5.92 Å². The SMILES string of the molecule is CC(O)C1CCN(C(=O)N(CCC(=O)O)C(C)(C)C)C1. The number of aliphatic hydroxyl groups excluding tert-OH is 1. The lowest BCUT2D eigenvalue weighted by atomic mass is 10.0. The minimum Gasteiger partial charge on any atom is -0.481 e. The van der Waals surface area contributed by atoms with Gasteiger partial charge in [0, 0.05) is 31.1 Å². The van der Waals surface area contributed by atoms with Crippen molar-refractivity contribution in [1.82, 2.24) is 9.80 Å². The molecule has 0 bridgehead atoms. The van der Waals surface area contributed by atoms with Crippen molar-refractivity contribution < 1.29 is 19.8 Å². The largest absolute Gasteiger partial charge is 0.481 e. The maximum absolute atomic E-state index is 12.6. The highest BCUT2D eigenvalue weighted by atomic mass is 16.4. The Balaban J connectivity index is 2.71. The van der Waals surface area contributed by atoms with E-state index in [1.165, 1.54) is 0 Å². The van der Waals surface area contributed by atoms with Gasteiger partial charge in [0.1, 0.15) is 0 Å². The number of rotatable bonds is 4. The minimum absolute atomic E-state index is 0.0588. The number of aliphatic carboxylic acids is 1. The fraction of sp³-hybridized carbons (Fsp3) is 0.857. The molecule has 0 saturated carbocycles. The summed E-state index contributed by atoms with van der Waals surface area (Å²) < 4.78 is 0. The highest BCUT2D eigenvalue weighted by Gasteiger charge is 2.35. The molecule has 6 heteroatoms. The van der Waals surface area contributed by atoms with Gasteiger partial charge in [0.2, 0.25) is 0 Å². The molecule has 1 aliphatic rings. The highest BCUT2D eigenvalue weighted by molar-refractivity contribution is 5.76. The van der Waals surface area contributed by atoms with E-state index in [-0.39, 0.29) is 24.9 Å². The van der Waals surface area contributed by atoms with Gasteiger partial charge in [-0.2, -0.15) is 0 Å². The molecular formula is C14H26N2O4. The zero-order chi connectivity index (χ0) is 15.5. The first-order chi connectivity index (χ1) is 9.12. The quantitative estimate of drug-likeness (QED) is 0.818. The third kappa shape index (κ3) is 4.37. The number of hydrogen-bond acceptors (Lipinski definition) is 3. The summed E-state index contributed by atoms with van der Waals surface area (Å²) in [5.41, 5.74) is -0.421. The van der Waals surface area contributed by atoms with Gasteiger partial charge < -0.3 is 20.0 Å². The molecule has 1 rings (SSSR count). The first-order valence-corrected chi connectivity index (χ1v) is 7.09. The number of aliphatic hydroxyl groups is 1. The highest BCUT2D eigenvalue weighted by Crippen LogP contribution is 2.24. The van der Waals surface area contributed by atoms with Gasteiger partial charge >= 0.3 is 12.0 Å². The minimum atomic E-state index is -0.907. The molecule has 0 aliphatic carbocycles. The summed E-state index contributed by atoms with van der Waals surface area (Å²) in [6.45, 7) is 8.79. The number of urea groups is 1. The zero-order valence-corrected chi connectivity index (χ0v) is 12.8. The summed E-state index contributed by atoms with van der Waals surface area (Å²) in [4.78, 5) is 26.6. The van der Waals surface area contributed by atoms with Crippen LogP contribution in [0.5, 0.6) is 0 Å². The maximum Gasteiger partial charge on any atom is 0.320 e. The third-order valence-electron chi connectivity index (χ3n) is 3.77. The van der Waals surface area contributed by atoms with E-state index in [1.807, 2.05) is 20.8 Å². The molecule has 0 aromatic heterocycles. The van der Waals surface area contributed by atoms with Gasteiger partial charge in [0.05, 0.1) is 12.5 Å². The molecule has 2 atom stereocenters. The molecule has 116 valence electrons. The molecule has 0 radical (unpaired) electrons. The Bertz CT molecular complexity index is 363. The molecular weight excluding hydrogens is 260 g/mol. The fourth-order valence-corrected chi connectivity index (χ4v) is 2.45. The summed E-state index contributed by atoms with van der Waals surface area (Å²) >= 11 is 0. The van der Waals surface area contributed by atoms with Crippen LogP contribution >= 0.6 is 0 Å². The molecule has 1 saturated heterocycles. The summed E-state index contributed by atoms with van der Waals surface area (Å²) in [5.74, 6) is -0.796. The van der Waals surface area contributed by atoms with Gasteiger partial charge in [-0.1, -0.05) is 0 Å². The Kier molecular flexibility index (Phi) is 5.39. The van der Waals surface area contributed by atoms with E-state index in [1.54, 1.807) is 16.7 Å². The molecule has 0 aromatic rings. The standard InChI is InChI=1S/C14H26N2O4/c1-10(17)11-5-7-15(9-11)13(20)16(14(2,3)4)8-6-12(18)19/h10-11,17H,5-9H2,1-4H3,(H,18,19). The molecule has 6 nitrogen and oxygen atoms in total. The maximum atomic E-state index is 12.6. The van der Waals surface area contributed by atoms with Crippen LogP contribution in [-0.2, 0) is 4.79 Å². The van der Waals surface area contributed by atoms with Crippen molar-refractivity contribution in [3.63, 3.8) is 0 Å². The van der Waals surface area contributed by atoms with E-state index < -0.39 is 17.6 Å². The van der Waals surface area contributed by atoms with Gasteiger partial charge in [-0.15, -0.1) is 0 Å². The van der Waals surface area contributed by atoms with Crippen molar-refractivity contribution in [1.29, 1.82) is 0 Å². The Morgan fingerprint density at radius 2 is 2.00 bits per heavy atom. The first-order valence-electron chi connectivity index (χ1n) is 7.09. The lowest BCUT2D eigenvalue weighted by Gasteiger charge is -2.38. The van der Waals surface area contributed by atoms with Crippen molar-refractivity contribution in [3.05, 3.63) is 0 Å². The number of carbonyl (C=O) groups is 2. The van der Waals surface area contributed by atoms with E-state index in [4.69, 9.17) is 5.11 Å². The number of hydrogen-bond donors (Lipinski definition) is 2. The van der Waals surface area contributed by atoms with Gasteiger partial charge in [-0.25, -0.2) is 4.79 Å². The number of carboxylic acid groups (broad SMARTS) is 1. The van der Waals surface area contributed by atoms with E-state index >= 15 is 0 Å². The lowest BCUT2D eigenvalue weighted by molar-refractivity contribution is -0.137. The average Bonchev–Trinajstić information content (AvgIpc) is 2.75. The van der Waals surface area contributed by atoms with Crippen LogP contribution in [0.2, 0.25) is 0 Å². The average molecular weight is 286 g/mol. The van der Waals surface area contributed by atoms with Crippen LogP contribution in [0, 0.1) is 5.92 Å². The Hall–Kier alpha value is -1.30.